The van der Waals surface area contributed by atoms with Crippen LogP contribution in [0.5, 0.6) is 0 Å². The van der Waals surface area contributed by atoms with E-state index < -0.39 is 17.9 Å². The Balaban J connectivity index is 1.87. The molecule has 1 aromatic heterocycles. The van der Waals surface area contributed by atoms with Crippen molar-refractivity contribution in [3.63, 3.8) is 0 Å². The molecule has 1 aliphatic heterocycles. The monoisotopic (exact) mass is 388 g/mol. The Hall–Kier alpha value is -2.60. The van der Waals surface area contributed by atoms with E-state index in [4.69, 9.17) is 11.6 Å². The number of piperidine rings is 1. The predicted molar refractivity (Wildman–Crippen MR) is 102 cm³/mol. The number of benzene rings is 1. The molecule has 0 saturated carbocycles. The van der Waals surface area contributed by atoms with E-state index in [1.807, 2.05) is 18.2 Å². The molecule has 0 bridgehead atoms. The van der Waals surface area contributed by atoms with Crippen molar-refractivity contribution in [2.45, 2.75) is 32.4 Å². The minimum absolute atomic E-state index is 0.235. The van der Waals surface area contributed by atoms with Crippen molar-refractivity contribution in [3.8, 4) is 0 Å². The van der Waals surface area contributed by atoms with Gasteiger partial charge in [-0.3, -0.25) is 14.4 Å². The first-order valence-corrected chi connectivity index (χ1v) is 9.24. The summed E-state index contributed by atoms with van der Waals surface area (Å²) >= 11 is 6.17. The first-order chi connectivity index (χ1) is 12.9. The highest BCUT2D eigenvalue weighted by Gasteiger charge is 2.35. The minimum atomic E-state index is -0.885. The molecule has 7 heteroatoms. The summed E-state index contributed by atoms with van der Waals surface area (Å²) in [7, 11) is 0. The molecule has 0 unspecified atom stereocenters. The van der Waals surface area contributed by atoms with Gasteiger partial charge in [-0.2, -0.15) is 0 Å². The number of carbonyl (C=O) groups is 2. The van der Waals surface area contributed by atoms with Gasteiger partial charge in [0.2, 0.25) is 0 Å². The summed E-state index contributed by atoms with van der Waals surface area (Å²) in [5, 5.41) is 9.90. The molecular formula is C20H21ClN2O4. The molecule has 0 aliphatic carbocycles. The summed E-state index contributed by atoms with van der Waals surface area (Å²) in [6, 6.07) is 9.67. The molecule has 0 spiro atoms. The summed E-state index contributed by atoms with van der Waals surface area (Å²) in [4.78, 5) is 38.2. The summed E-state index contributed by atoms with van der Waals surface area (Å²) in [6.07, 6.45) is 2.73. The van der Waals surface area contributed by atoms with Gasteiger partial charge in [0.1, 0.15) is 0 Å². The van der Waals surface area contributed by atoms with E-state index in [0.717, 1.165) is 5.56 Å². The summed E-state index contributed by atoms with van der Waals surface area (Å²) in [6.45, 7) is 2.52. The predicted octanol–water partition coefficient (Wildman–Crippen LogP) is 2.88. The second kappa shape index (κ2) is 7.96. The lowest BCUT2D eigenvalue weighted by Crippen LogP contribution is -2.49. The number of hydrogen-bond acceptors (Lipinski definition) is 3. The van der Waals surface area contributed by atoms with E-state index in [9.17, 15) is 19.5 Å². The van der Waals surface area contributed by atoms with Crippen LogP contribution in [-0.2, 0) is 11.3 Å². The zero-order valence-electron chi connectivity index (χ0n) is 15.0. The number of carboxylic acids is 1. The molecule has 2 aromatic rings. The second-order valence-electron chi connectivity index (χ2n) is 6.80. The van der Waals surface area contributed by atoms with Gasteiger partial charge in [0, 0.05) is 29.9 Å². The maximum atomic E-state index is 13.0. The summed E-state index contributed by atoms with van der Waals surface area (Å²) < 4.78 is 1.44. The highest BCUT2D eigenvalue weighted by molar-refractivity contribution is 6.31. The van der Waals surface area contributed by atoms with Gasteiger partial charge in [0.25, 0.3) is 11.5 Å². The number of likely N-dealkylation sites (tertiary alicyclic amines) is 1. The van der Waals surface area contributed by atoms with Crippen molar-refractivity contribution in [2.75, 3.05) is 6.54 Å². The van der Waals surface area contributed by atoms with Crippen LogP contribution in [0, 0.1) is 5.92 Å². The molecule has 1 saturated heterocycles. The van der Waals surface area contributed by atoms with Crippen LogP contribution in [0.4, 0.5) is 0 Å². The number of carbonyl (C=O) groups excluding carboxylic acids is 1. The smallest absolute Gasteiger partial charge is 0.308 e. The third-order valence-corrected chi connectivity index (χ3v) is 5.46. The van der Waals surface area contributed by atoms with Gasteiger partial charge in [-0.25, -0.2) is 0 Å². The van der Waals surface area contributed by atoms with Crippen LogP contribution >= 0.6 is 11.6 Å². The zero-order chi connectivity index (χ0) is 19.6. The Morgan fingerprint density at radius 1 is 1.22 bits per heavy atom. The molecule has 1 fully saturated rings. The number of carboxylic acid groups (broad SMARTS) is 1. The van der Waals surface area contributed by atoms with E-state index in [1.54, 1.807) is 17.9 Å². The number of aromatic nitrogens is 1. The van der Waals surface area contributed by atoms with Crippen molar-refractivity contribution < 1.29 is 14.7 Å². The molecule has 3 rings (SSSR count). The lowest BCUT2D eigenvalue weighted by molar-refractivity contribution is -0.144. The van der Waals surface area contributed by atoms with Crippen LogP contribution in [0.15, 0.2) is 47.4 Å². The van der Waals surface area contributed by atoms with Crippen LogP contribution in [0.2, 0.25) is 5.02 Å². The quantitative estimate of drug-likeness (QED) is 0.873. The minimum Gasteiger partial charge on any atom is -0.481 e. The molecule has 2 heterocycles. The molecule has 27 heavy (non-hydrogen) atoms. The zero-order valence-corrected chi connectivity index (χ0v) is 15.7. The number of rotatable bonds is 4. The largest absolute Gasteiger partial charge is 0.481 e. The fourth-order valence-electron chi connectivity index (χ4n) is 3.52. The number of amides is 1. The summed E-state index contributed by atoms with van der Waals surface area (Å²) in [5.41, 5.74) is 0.907. The Morgan fingerprint density at radius 2 is 1.96 bits per heavy atom. The standard InChI is InChI=1S/C20H21ClN2O4/c1-13-16(20(26)27)6-4-10-23(13)19(25)15-8-9-18(24)22(12-15)11-14-5-2-3-7-17(14)21/h2-3,5,7-9,12-13,16H,4,6,10-11H2,1H3,(H,26,27)/t13-,16-/m1/s1. The normalized spacial score (nSPS) is 19.7. The highest BCUT2D eigenvalue weighted by atomic mass is 35.5. The van der Waals surface area contributed by atoms with Crippen molar-refractivity contribution in [2.24, 2.45) is 5.92 Å². The van der Waals surface area contributed by atoms with Crippen molar-refractivity contribution in [1.82, 2.24) is 9.47 Å². The van der Waals surface area contributed by atoms with Gasteiger partial charge in [0.05, 0.1) is 18.0 Å². The molecule has 142 valence electrons. The molecule has 0 radical (unpaired) electrons. The number of hydrogen-bond donors (Lipinski definition) is 1. The van der Waals surface area contributed by atoms with Gasteiger partial charge in [-0.05, 0) is 37.5 Å². The van der Waals surface area contributed by atoms with Crippen molar-refractivity contribution in [3.05, 3.63) is 69.1 Å². The van der Waals surface area contributed by atoms with E-state index in [1.165, 1.54) is 22.9 Å². The van der Waals surface area contributed by atoms with Crippen LogP contribution in [0.25, 0.3) is 0 Å². The first kappa shape index (κ1) is 19.2. The Bertz CT molecular complexity index is 924. The van der Waals surface area contributed by atoms with Crippen molar-refractivity contribution in [1.29, 1.82) is 0 Å². The molecule has 1 N–H and O–H groups in total. The van der Waals surface area contributed by atoms with Crippen LogP contribution in [-0.4, -0.2) is 39.0 Å². The van der Waals surface area contributed by atoms with E-state index >= 15 is 0 Å². The van der Waals surface area contributed by atoms with Gasteiger partial charge in [-0.1, -0.05) is 29.8 Å². The topological polar surface area (TPSA) is 79.6 Å². The lowest BCUT2D eigenvalue weighted by atomic mass is 9.90. The lowest BCUT2D eigenvalue weighted by Gasteiger charge is -2.37. The van der Waals surface area contributed by atoms with Gasteiger partial charge >= 0.3 is 5.97 Å². The Labute approximate surface area is 162 Å². The van der Waals surface area contributed by atoms with Gasteiger partial charge in [0.15, 0.2) is 0 Å². The van der Waals surface area contributed by atoms with Crippen LogP contribution in [0.3, 0.4) is 0 Å². The summed E-state index contributed by atoms with van der Waals surface area (Å²) in [5.74, 6) is -1.72. The number of halogens is 1. The van der Waals surface area contributed by atoms with E-state index in [0.29, 0.717) is 30.0 Å². The Kier molecular flexibility index (Phi) is 5.65. The molecule has 2 atom stereocenters. The highest BCUT2D eigenvalue weighted by Crippen LogP contribution is 2.25. The molecule has 6 nitrogen and oxygen atoms in total. The van der Waals surface area contributed by atoms with Crippen molar-refractivity contribution >= 4 is 23.5 Å². The fraction of sp³-hybridized carbons (Fsp3) is 0.350. The Morgan fingerprint density at radius 3 is 2.67 bits per heavy atom. The number of pyridine rings is 1. The van der Waals surface area contributed by atoms with Gasteiger partial charge < -0.3 is 14.6 Å². The number of aliphatic carboxylic acids is 1. The molecule has 1 aliphatic rings. The number of nitrogens with zero attached hydrogens (tertiary/aromatic N) is 2. The van der Waals surface area contributed by atoms with Crippen LogP contribution in [0.1, 0.15) is 35.7 Å². The van der Waals surface area contributed by atoms with E-state index in [2.05, 4.69) is 0 Å². The molecule has 1 aromatic carbocycles. The molecule has 1 amide bonds. The third kappa shape index (κ3) is 4.06. The second-order valence-corrected chi connectivity index (χ2v) is 7.21. The SMILES string of the molecule is C[C@@H]1[C@H](C(=O)O)CCCN1C(=O)c1ccc(=O)n(Cc2ccccc2Cl)c1. The van der Waals surface area contributed by atoms with Crippen LogP contribution < -0.4 is 5.56 Å². The maximum Gasteiger partial charge on any atom is 0.308 e. The van der Waals surface area contributed by atoms with E-state index in [-0.39, 0.29) is 18.0 Å². The average molecular weight is 389 g/mol. The fourth-order valence-corrected chi connectivity index (χ4v) is 3.71. The third-order valence-electron chi connectivity index (χ3n) is 5.10. The maximum absolute atomic E-state index is 13.0. The first-order valence-electron chi connectivity index (χ1n) is 8.86. The van der Waals surface area contributed by atoms with Gasteiger partial charge in [-0.15, -0.1) is 0 Å². The average Bonchev–Trinajstić information content (AvgIpc) is 2.64. The molecular weight excluding hydrogens is 368 g/mol.